The number of aromatic nitrogens is 1. The van der Waals surface area contributed by atoms with Gasteiger partial charge in [0.25, 0.3) is 0 Å². The highest BCUT2D eigenvalue weighted by Crippen LogP contribution is 2.40. The monoisotopic (exact) mass is 363 g/mol. The Morgan fingerprint density at radius 1 is 1.04 bits per heavy atom. The van der Waals surface area contributed by atoms with Gasteiger partial charge in [0.15, 0.2) is 0 Å². The van der Waals surface area contributed by atoms with Crippen molar-refractivity contribution in [2.75, 3.05) is 11.4 Å². The molecule has 1 saturated heterocycles. The summed E-state index contributed by atoms with van der Waals surface area (Å²) in [7, 11) is 0. The summed E-state index contributed by atoms with van der Waals surface area (Å²) in [6.07, 6.45) is 7.10. The van der Waals surface area contributed by atoms with Gasteiger partial charge in [0.2, 0.25) is 0 Å². The van der Waals surface area contributed by atoms with Gasteiger partial charge in [-0.15, -0.1) is 0 Å². The molecule has 0 spiro atoms. The van der Waals surface area contributed by atoms with Gasteiger partial charge in [-0.25, -0.2) is 4.72 Å². The zero-order valence-electron chi connectivity index (χ0n) is 14.5. The van der Waals surface area contributed by atoms with Gasteiger partial charge in [-0.1, -0.05) is 12.1 Å². The fourth-order valence-corrected chi connectivity index (χ4v) is 4.69. The number of hydrogen-bond donors (Lipinski definition) is 1. The number of hydrogen-bond acceptors (Lipinski definition) is 4. The van der Waals surface area contributed by atoms with Crippen molar-refractivity contribution in [3.8, 4) is 11.5 Å². The zero-order valence-corrected chi connectivity index (χ0v) is 15.3. The second-order valence-electron chi connectivity index (χ2n) is 6.81. The first-order valence-electron chi connectivity index (χ1n) is 9.06. The summed E-state index contributed by atoms with van der Waals surface area (Å²) >= 11 is 1.72. The molecule has 132 valence electrons. The van der Waals surface area contributed by atoms with Crippen LogP contribution in [-0.2, 0) is 6.54 Å². The number of nitrogens with one attached hydrogen (secondary N) is 1. The predicted octanol–water partition coefficient (Wildman–Crippen LogP) is 4.87. The number of rotatable bonds is 4. The van der Waals surface area contributed by atoms with Crippen LogP contribution in [0.3, 0.4) is 0 Å². The van der Waals surface area contributed by atoms with Gasteiger partial charge in [-0.3, -0.25) is 0 Å². The number of ether oxygens (including phenoxy) is 1. The van der Waals surface area contributed by atoms with E-state index >= 15 is 0 Å². The Bertz CT molecular complexity index is 909. The number of anilines is 1. The van der Waals surface area contributed by atoms with Crippen molar-refractivity contribution in [3.63, 3.8) is 0 Å². The minimum absolute atomic E-state index is 0.477. The Kier molecular flexibility index (Phi) is 4.11. The molecule has 1 N–H and O–H groups in total. The lowest BCUT2D eigenvalue weighted by molar-refractivity contribution is 0.480. The third-order valence-corrected chi connectivity index (χ3v) is 5.90. The van der Waals surface area contributed by atoms with Crippen molar-refractivity contribution >= 4 is 17.6 Å². The molecular formula is C21H21N3OS. The molecule has 1 fully saturated rings. The Morgan fingerprint density at radius 2 is 1.92 bits per heavy atom. The van der Waals surface area contributed by atoms with Crippen molar-refractivity contribution in [3.05, 3.63) is 72.6 Å². The van der Waals surface area contributed by atoms with Crippen LogP contribution in [0, 0.1) is 0 Å². The molecule has 2 aromatic carbocycles. The summed E-state index contributed by atoms with van der Waals surface area (Å²) < 4.78 is 11.9. The molecule has 3 heterocycles. The van der Waals surface area contributed by atoms with Gasteiger partial charge < -0.3 is 14.2 Å². The van der Waals surface area contributed by atoms with E-state index in [4.69, 9.17) is 4.74 Å². The molecule has 0 bridgehead atoms. The lowest BCUT2D eigenvalue weighted by Crippen LogP contribution is -2.41. The SMILES string of the molecule is c1cc(Cn2cccc2)cc(Oc2ccc3c(c2)SNC2CCCN32)c1. The van der Waals surface area contributed by atoms with Crippen LogP contribution >= 0.6 is 11.9 Å². The minimum Gasteiger partial charge on any atom is -0.457 e. The van der Waals surface area contributed by atoms with Crippen LogP contribution in [0.15, 0.2) is 71.9 Å². The van der Waals surface area contributed by atoms with Crippen LogP contribution in [0.2, 0.25) is 0 Å². The highest BCUT2D eigenvalue weighted by atomic mass is 32.2. The van der Waals surface area contributed by atoms with Crippen LogP contribution in [0.4, 0.5) is 5.69 Å². The van der Waals surface area contributed by atoms with Crippen molar-refractivity contribution in [2.24, 2.45) is 0 Å². The van der Waals surface area contributed by atoms with Gasteiger partial charge in [-0.05, 0) is 72.8 Å². The largest absolute Gasteiger partial charge is 0.457 e. The van der Waals surface area contributed by atoms with Gasteiger partial charge in [0.05, 0.1) is 11.9 Å². The first kappa shape index (κ1) is 15.9. The Labute approximate surface area is 157 Å². The quantitative estimate of drug-likeness (QED) is 0.670. The van der Waals surface area contributed by atoms with Crippen LogP contribution < -0.4 is 14.4 Å². The van der Waals surface area contributed by atoms with E-state index in [1.807, 2.05) is 18.2 Å². The summed E-state index contributed by atoms with van der Waals surface area (Å²) in [5, 5.41) is 0. The minimum atomic E-state index is 0.477. The van der Waals surface area contributed by atoms with Gasteiger partial charge in [0, 0.05) is 30.4 Å². The summed E-state index contributed by atoms with van der Waals surface area (Å²) in [5.41, 5.74) is 2.55. The smallest absolute Gasteiger partial charge is 0.128 e. The molecule has 4 nitrogen and oxygen atoms in total. The zero-order chi connectivity index (χ0) is 17.3. The van der Waals surface area contributed by atoms with E-state index in [-0.39, 0.29) is 0 Å². The highest BCUT2D eigenvalue weighted by Gasteiger charge is 2.30. The normalized spacial score (nSPS) is 18.5. The Balaban J connectivity index is 1.35. The van der Waals surface area contributed by atoms with E-state index in [9.17, 15) is 0 Å². The second-order valence-corrected chi connectivity index (χ2v) is 7.69. The molecule has 1 unspecified atom stereocenters. The average Bonchev–Trinajstić information content (AvgIpc) is 3.33. The van der Waals surface area contributed by atoms with E-state index in [0.29, 0.717) is 6.17 Å². The van der Waals surface area contributed by atoms with Crippen molar-refractivity contribution in [1.29, 1.82) is 0 Å². The van der Waals surface area contributed by atoms with Crippen molar-refractivity contribution in [1.82, 2.24) is 9.29 Å². The second kappa shape index (κ2) is 6.74. The molecule has 2 aliphatic heterocycles. The predicted molar refractivity (Wildman–Crippen MR) is 106 cm³/mol. The molecule has 26 heavy (non-hydrogen) atoms. The molecule has 2 aliphatic rings. The van der Waals surface area contributed by atoms with Crippen LogP contribution in [0.25, 0.3) is 0 Å². The first-order valence-corrected chi connectivity index (χ1v) is 9.87. The van der Waals surface area contributed by atoms with Crippen molar-refractivity contribution in [2.45, 2.75) is 30.4 Å². The van der Waals surface area contributed by atoms with E-state index in [0.717, 1.165) is 24.6 Å². The molecule has 1 aromatic heterocycles. The van der Waals surface area contributed by atoms with Gasteiger partial charge >= 0.3 is 0 Å². The summed E-state index contributed by atoms with van der Waals surface area (Å²) in [5.74, 6) is 1.76. The number of nitrogens with zero attached hydrogens (tertiary/aromatic N) is 2. The standard InChI is InChI=1S/C21H21N3OS/c1-2-11-23(10-1)15-16-5-3-6-17(13-16)25-18-8-9-19-20(14-18)26-22-21-7-4-12-24(19)21/h1-3,5-6,8-11,13-14,21-22H,4,7,12,15H2. The third-order valence-electron chi connectivity index (χ3n) is 4.96. The molecular weight excluding hydrogens is 342 g/mol. The average molecular weight is 363 g/mol. The molecule has 5 rings (SSSR count). The summed E-state index contributed by atoms with van der Waals surface area (Å²) in [4.78, 5) is 3.71. The number of benzene rings is 2. The molecule has 0 amide bonds. The molecule has 3 aromatic rings. The molecule has 0 radical (unpaired) electrons. The van der Waals surface area contributed by atoms with Crippen LogP contribution in [-0.4, -0.2) is 17.3 Å². The number of fused-ring (bicyclic) bond motifs is 3. The van der Waals surface area contributed by atoms with E-state index in [1.54, 1.807) is 11.9 Å². The maximum atomic E-state index is 6.15. The summed E-state index contributed by atoms with van der Waals surface area (Å²) in [6, 6.07) is 18.8. The molecule has 0 aliphatic carbocycles. The van der Waals surface area contributed by atoms with E-state index in [2.05, 4.69) is 63.0 Å². The fraction of sp³-hybridized carbons (Fsp3) is 0.238. The van der Waals surface area contributed by atoms with Gasteiger partial charge in [0.1, 0.15) is 11.5 Å². The summed E-state index contributed by atoms with van der Waals surface area (Å²) in [6.45, 7) is 1.98. The van der Waals surface area contributed by atoms with Crippen LogP contribution in [0.1, 0.15) is 18.4 Å². The lowest BCUT2D eigenvalue weighted by atomic mass is 10.2. The molecule has 5 heteroatoms. The highest BCUT2D eigenvalue weighted by molar-refractivity contribution is 7.97. The Hall–Kier alpha value is -2.37. The van der Waals surface area contributed by atoms with Gasteiger partial charge in [-0.2, -0.15) is 0 Å². The maximum absolute atomic E-state index is 6.15. The third kappa shape index (κ3) is 3.08. The van der Waals surface area contributed by atoms with Crippen molar-refractivity contribution < 1.29 is 4.74 Å². The fourth-order valence-electron chi connectivity index (χ4n) is 3.72. The maximum Gasteiger partial charge on any atom is 0.128 e. The Morgan fingerprint density at radius 3 is 2.85 bits per heavy atom. The topological polar surface area (TPSA) is 29.4 Å². The molecule has 0 saturated carbocycles. The van der Waals surface area contributed by atoms with E-state index < -0.39 is 0 Å². The first-order chi connectivity index (χ1) is 12.8. The van der Waals surface area contributed by atoms with E-state index in [1.165, 1.54) is 29.0 Å². The van der Waals surface area contributed by atoms with Crippen LogP contribution in [0.5, 0.6) is 11.5 Å². The lowest BCUT2D eigenvalue weighted by Gasteiger charge is -2.33. The molecule has 1 atom stereocenters.